The van der Waals surface area contributed by atoms with Gasteiger partial charge in [0.25, 0.3) is 0 Å². The first-order valence-corrected chi connectivity index (χ1v) is 4.91. The first kappa shape index (κ1) is 8.49. The fourth-order valence-corrected chi connectivity index (χ4v) is 2.06. The predicted octanol–water partition coefficient (Wildman–Crippen LogP) is 2.22. The van der Waals surface area contributed by atoms with Crippen LogP contribution in [-0.2, 0) is 0 Å². The van der Waals surface area contributed by atoms with Crippen LogP contribution >= 0.6 is 0 Å². The molecule has 1 unspecified atom stereocenters. The summed E-state index contributed by atoms with van der Waals surface area (Å²) in [5, 5.41) is 0. The van der Waals surface area contributed by atoms with Crippen LogP contribution in [0.2, 0.25) is 0 Å². The maximum atomic E-state index is 13.4. The molecule has 0 N–H and O–H groups in total. The van der Waals surface area contributed by atoms with E-state index in [1.807, 2.05) is 0 Å². The highest BCUT2D eigenvalue weighted by atomic mass is 19.1. The molecule has 1 heterocycles. The van der Waals surface area contributed by atoms with Crippen molar-refractivity contribution in [3.8, 4) is 0 Å². The van der Waals surface area contributed by atoms with Gasteiger partial charge >= 0.3 is 0 Å². The smallest absolute Gasteiger partial charge is 0.122 e. The third-order valence-corrected chi connectivity index (χ3v) is 3.21. The zero-order valence-corrected chi connectivity index (χ0v) is 8.07. The van der Waals surface area contributed by atoms with Crippen molar-refractivity contribution in [2.24, 2.45) is 5.41 Å². The van der Waals surface area contributed by atoms with Gasteiger partial charge in [-0.25, -0.2) is 4.39 Å². The molecule has 0 radical (unpaired) electrons. The van der Waals surface area contributed by atoms with Crippen LogP contribution in [0.5, 0.6) is 0 Å². The third-order valence-electron chi connectivity index (χ3n) is 3.21. The summed E-state index contributed by atoms with van der Waals surface area (Å²) in [6.07, 6.45) is 3.40. The lowest BCUT2D eigenvalue weighted by atomic mass is 10.1. The summed E-state index contributed by atoms with van der Waals surface area (Å²) in [6, 6.07) is 0. The summed E-state index contributed by atoms with van der Waals surface area (Å²) in [7, 11) is 0. The first-order valence-electron chi connectivity index (χ1n) is 4.91. The van der Waals surface area contributed by atoms with Crippen LogP contribution in [-0.4, -0.2) is 30.2 Å². The number of halogens is 1. The topological polar surface area (TPSA) is 3.24 Å². The molecule has 1 atom stereocenters. The summed E-state index contributed by atoms with van der Waals surface area (Å²) in [6.45, 7) is 6.76. The molecule has 1 nitrogen and oxygen atoms in total. The Kier molecular flexibility index (Phi) is 1.73. The Labute approximate surface area is 73.9 Å². The van der Waals surface area contributed by atoms with Gasteiger partial charge in [-0.05, 0) is 31.6 Å². The quantitative estimate of drug-likeness (QED) is 0.615. The molecular formula is C10H18FN. The average molecular weight is 171 g/mol. The van der Waals surface area contributed by atoms with Crippen LogP contribution in [0.15, 0.2) is 0 Å². The summed E-state index contributed by atoms with van der Waals surface area (Å²) in [5.74, 6) is 0. The van der Waals surface area contributed by atoms with E-state index in [4.69, 9.17) is 0 Å². The van der Waals surface area contributed by atoms with Gasteiger partial charge < -0.3 is 0 Å². The number of rotatable bonds is 2. The van der Waals surface area contributed by atoms with Crippen molar-refractivity contribution >= 4 is 0 Å². The molecule has 0 amide bonds. The van der Waals surface area contributed by atoms with Crippen LogP contribution in [0, 0.1) is 5.41 Å². The Morgan fingerprint density at radius 3 is 2.33 bits per heavy atom. The molecule has 70 valence electrons. The van der Waals surface area contributed by atoms with E-state index in [0.717, 1.165) is 19.5 Å². The Bertz CT molecular complexity index is 184. The van der Waals surface area contributed by atoms with E-state index in [9.17, 15) is 4.39 Å². The second kappa shape index (κ2) is 2.44. The van der Waals surface area contributed by atoms with Crippen LogP contribution in [0.3, 0.4) is 0 Å². The predicted molar refractivity (Wildman–Crippen MR) is 47.9 cm³/mol. The van der Waals surface area contributed by atoms with Gasteiger partial charge in [0.15, 0.2) is 0 Å². The maximum Gasteiger partial charge on any atom is 0.122 e. The van der Waals surface area contributed by atoms with Gasteiger partial charge in [0.2, 0.25) is 0 Å². The van der Waals surface area contributed by atoms with Gasteiger partial charge in [-0.2, -0.15) is 0 Å². The summed E-state index contributed by atoms with van der Waals surface area (Å²) in [5.41, 5.74) is -0.369. The van der Waals surface area contributed by atoms with E-state index in [1.54, 1.807) is 6.92 Å². The number of hydrogen-bond donors (Lipinski definition) is 0. The second-order valence-electron chi connectivity index (χ2n) is 5.18. The molecule has 2 rings (SSSR count). The minimum absolute atomic E-state index is 0.542. The van der Waals surface area contributed by atoms with Gasteiger partial charge in [-0.3, -0.25) is 4.90 Å². The van der Waals surface area contributed by atoms with Crippen LogP contribution < -0.4 is 0 Å². The van der Waals surface area contributed by atoms with E-state index in [-0.39, 0.29) is 0 Å². The van der Waals surface area contributed by atoms with Gasteiger partial charge in [0.05, 0.1) is 0 Å². The van der Waals surface area contributed by atoms with Gasteiger partial charge in [-0.1, -0.05) is 6.92 Å². The van der Waals surface area contributed by atoms with Crippen LogP contribution in [0.1, 0.15) is 33.1 Å². The van der Waals surface area contributed by atoms with E-state index in [0.29, 0.717) is 12.0 Å². The van der Waals surface area contributed by atoms with Crippen molar-refractivity contribution in [3.63, 3.8) is 0 Å². The van der Waals surface area contributed by atoms with Crippen LogP contribution in [0.4, 0.5) is 4.39 Å². The van der Waals surface area contributed by atoms with E-state index in [2.05, 4.69) is 11.8 Å². The minimum atomic E-state index is -0.911. The highest BCUT2D eigenvalue weighted by Gasteiger charge is 2.42. The average Bonchev–Trinajstić information content (AvgIpc) is 2.53. The van der Waals surface area contributed by atoms with Crippen molar-refractivity contribution in [2.75, 3.05) is 19.6 Å². The van der Waals surface area contributed by atoms with E-state index in [1.165, 1.54) is 12.8 Å². The molecule has 2 fully saturated rings. The fourth-order valence-electron chi connectivity index (χ4n) is 2.06. The Morgan fingerprint density at radius 2 is 1.92 bits per heavy atom. The molecule has 1 saturated heterocycles. The highest BCUT2D eigenvalue weighted by molar-refractivity contribution is 4.95. The van der Waals surface area contributed by atoms with Crippen LogP contribution in [0.25, 0.3) is 0 Å². The zero-order chi connectivity index (χ0) is 8.82. The normalized spacial score (nSPS) is 40.2. The Morgan fingerprint density at radius 1 is 1.25 bits per heavy atom. The van der Waals surface area contributed by atoms with Crippen molar-refractivity contribution < 1.29 is 4.39 Å². The summed E-state index contributed by atoms with van der Waals surface area (Å²) in [4.78, 5) is 2.28. The molecule has 1 aliphatic heterocycles. The van der Waals surface area contributed by atoms with Crippen molar-refractivity contribution in [2.45, 2.75) is 38.8 Å². The van der Waals surface area contributed by atoms with Crippen molar-refractivity contribution in [3.05, 3.63) is 0 Å². The fraction of sp³-hybridized carbons (Fsp3) is 1.00. The maximum absolute atomic E-state index is 13.4. The molecule has 0 spiro atoms. The van der Waals surface area contributed by atoms with Gasteiger partial charge in [-0.15, -0.1) is 0 Å². The number of likely N-dealkylation sites (tertiary alicyclic amines) is 1. The number of hydrogen-bond acceptors (Lipinski definition) is 1. The largest absolute Gasteiger partial charge is 0.300 e. The number of alkyl halides is 1. The third kappa shape index (κ3) is 1.79. The minimum Gasteiger partial charge on any atom is -0.300 e. The Balaban J connectivity index is 1.84. The molecule has 0 bridgehead atoms. The molecule has 0 aromatic carbocycles. The zero-order valence-electron chi connectivity index (χ0n) is 8.07. The van der Waals surface area contributed by atoms with Crippen molar-refractivity contribution in [1.82, 2.24) is 4.90 Å². The molecule has 0 aromatic heterocycles. The second-order valence-corrected chi connectivity index (χ2v) is 5.18. The lowest BCUT2D eigenvalue weighted by Gasteiger charge is -2.20. The monoisotopic (exact) mass is 171 g/mol. The molecule has 0 aromatic rings. The van der Waals surface area contributed by atoms with E-state index < -0.39 is 5.67 Å². The summed E-state index contributed by atoms with van der Waals surface area (Å²) < 4.78 is 13.4. The van der Waals surface area contributed by atoms with Gasteiger partial charge in [0.1, 0.15) is 5.67 Å². The Hall–Kier alpha value is -0.110. The SMILES string of the molecule is CC1(F)CCN(CC2(C)CC2)C1. The molecule has 1 aliphatic carbocycles. The van der Waals surface area contributed by atoms with Crippen molar-refractivity contribution in [1.29, 1.82) is 0 Å². The lowest BCUT2D eigenvalue weighted by molar-refractivity contribution is 0.178. The molecule has 1 saturated carbocycles. The number of nitrogens with zero attached hydrogens (tertiary/aromatic N) is 1. The lowest BCUT2D eigenvalue weighted by Crippen LogP contribution is -2.30. The molecule has 2 heteroatoms. The first-order chi connectivity index (χ1) is 5.49. The molecule has 12 heavy (non-hydrogen) atoms. The molecular weight excluding hydrogens is 153 g/mol. The van der Waals surface area contributed by atoms with Gasteiger partial charge in [0, 0.05) is 19.6 Å². The van der Waals surface area contributed by atoms with E-state index >= 15 is 0 Å². The highest BCUT2D eigenvalue weighted by Crippen LogP contribution is 2.46. The molecule has 2 aliphatic rings. The summed E-state index contributed by atoms with van der Waals surface area (Å²) >= 11 is 0. The standard InChI is InChI=1S/C10H18FN/c1-9(3-4-9)7-12-6-5-10(2,11)8-12/h3-8H2,1-2H3.